The predicted octanol–water partition coefficient (Wildman–Crippen LogP) is 1.64. The van der Waals surface area contributed by atoms with Crippen LogP contribution in [0.5, 0.6) is 0 Å². The number of hydrogen-bond donors (Lipinski definition) is 2. The van der Waals surface area contributed by atoms with Crippen LogP contribution < -0.4 is 11.1 Å². The van der Waals surface area contributed by atoms with Crippen molar-refractivity contribution in [2.75, 3.05) is 6.54 Å². The molecule has 0 aromatic carbocycles. The summed E-state index contributed by atoms with van der Waals surface area (Å²) in [7, 11) is -3.43. The third-order valence-corrected chi connectivity index (χ3v) is 6.84. The number of halogens is 1. The van der Waals surface area contributed by atoms with Crippen molar-refractivity contribution in [3.63, 3.8) is 0 Å². The van der Waals surface area contributed by atoms with Crippen LogP contribution in [0.1, 0.15) is 52.9 Å². The predicted molar refractivity (Wildman–Crippen MR) is 88.3 cm³/mol. The highest BCUT2D eigenvalue weighted by Gasteiger charge is 2.41. The molecule has 0 saturated heterocycles. The summed E-state index contributed by atoms with van der Waals surface area (Å²) in [5.74, 6) is -0.629. The first-order valence-electron chi connectivity index (χ1n) is 7.53. The molecule has 1 fully saturated rings. The lowest BCUT2D eigenvalue weighted by Gasteiger charge is -2.29. The molecule has 126 valence electrons. The summed E-state index contributed by atoms with van der Waals surface area (Å²) < 4.78 is 25.5. The normalized spacial score (nSPS) is 19.7. The summed E-state index contributed by atoms with van der Waals surface area (Å²) in [6, 6.07) is -0.203. The first-order valence-corrected chi connectivity index (χ1v) is 9.14. The van der Waals surface area contributed by atoms with Crippen molar-refractivity contribution in [2.45, 2.75) is 69.4 Å². The van der Waals surface area contributed by atoms with Crippen molar-refractivity contribution < 1.29 is 13.2 Å². The Kier molecular flexibility index (Phi) is 8.81. The minimum Gasteiger partial charge on any atom is -0.351 e. The molecule has 0 aromatic heterocycles. The Morgan fingerprint density at radius 2 is 1.71 bits per heavy atom. The number of sulfone groups is 1. The average molecular weight is 341 g/mol. The van der Waals surface area contributed by atoms with E-state index in [0.717, 1.165) is 19.3 Å². The summed E-state index contributed by atoms with van der Waals surface area (Å²) in [5, 5.41) is 1.40. The van der Waals surface area contributed by atoms with Gasteiger partial charge < -0.3 is 11.1 Å². The minimum absolute atomic E-state index is 0. The fourth-order valence-corrected chi connectivity index (χ4v) is 5.35. The first kappa shape index (κ1) is 20.7. The molecule has 1 aliphatic carbocycles. The van der Waals surface area contributed by atoms with Gasteiger partial charge >= 0.3 is 0 Å². The molecule has 0 aromatic rings. The van der Waals surface area contributed by atoms with E-state index in [4.69, 9.17) is 5.73 Å². The molecule has 3 N–H and O–H groups in total. The average Bonchev–Trinajstić information content (AvgIpc) is 2.38. The molecule has 7 heteroatoms. The third-order valence-electron chi connectivity index (χ3n) is 3.98. The second-order valence-electron chi connectivity index (χ2n) is 6.16. The number of amides is 1. The Hall–Kier alpha value is -0.330. The van der Waals surface area contributed by atoms with Crippen molar-refractivity contribution >= 4 is 28.2 Å². The van der Waals surface area contributed by atoms with Crippen LogP contribution in [0.4, 0.5) is 0 Å². The Balaban J connectivity index is 0.00000400. The maximum atomic E-state index is 12.7. The summed E-state index contributed by atoms with van der Waals surface area (Å²) in [4.78, 5) is 12.3. The summed E-state index contributed by atoms with van der Waals surface area (Å²) in [6.45, 7) is 5.66. The standard InChI is InChI=1S/C14H28N2O3S.ClH/c1-10(2)13(14(17)16-11(3)9-15)20(18,19)12-7-5-4-6-8-12;/h10-13H,4-9,15H2,1-3H3,(H,16,17);1H/t11-,13?;/m0./s1. The SMILES string of the molecule is CC(C)C(C(=O)N[C@@H](C)CN)S(=O)(=O)C1CCCCC1.Cl. The van der Waals surface area contributed by atoms with E-state index in [-0.39, 0.29) is 29.6 Å². The highest BCUT2D eigenvalue weighted by molar-refractivity contribution is 7.93. The van der Waals surface area contributed by atoms with Crippen LogP contribution in [0.15, 0.2) is 0 Å². The third kappa shape index (κ3) is 5.42. The van der Waals surface area contributed by atoms with Crippen LogP contribution >= 0.6 is 12.4 Å². The van der Waals surface area contributed by atoms with Crippen LogP contribution in [0.2, 0.25) is 0 Å². The summed E-state index contributed by atoms with van der Waals surface area (Å²) >= 11 is 0. The summed E-state index contributed by atoms with van der Waals surface area (Å²) in [5.41, 5.74) is 5.48. The molecule has 1 aliphatic rings. The van der Waals surface area contributed by atoms with Crippen LogP contribution in [0.3, 0.4) is 0 Å². The van der Waals surface area contributed by atoms with E-state index in [9.17, 15) is 13.2 Å². The van der Waals surface area contributed by atoms with Crippen LogP contribution in [-0.4, -0.2) is 37.4 Å². The number of nitrogens with one attached hydrogen (secondary N) is 1. The van der Waals surface area contributed by atoms with Crippen molar-refractivity contribution in [1.82, 2.24) is 5.32 Å². The zero-order valence-electron chi connectivity index (χ0n) is 13.2. The van der Waals surface area contributed by atoms with Gasteiger partial charge in [-0.1, -0.05) is 33.1 Å². The van der Waals surface area contributed by atoms with Crippen LogP contribution in [0.25, 0.3) is 0 Å². The van der Waals surface area contributed by atoms with Crippen LogP contribution in [0, 0.1) is 5.92 Å². The highest BCUT2D eigenvalue weighted by Crippen LogP contribution is 2.29. The smallest absolute Gasteiger partial charge is 0.238 e. The van der Waals surface area contributed by atoms with E-state index < -0.39 is 21.0 Å². The van der Waals surface area contributed by atoms with E-state index >= 15 is 0 Å². The maximum absolute atomic E-state index is 12.7. The monoisotopic (exact) mass is 340 g/mol. The molecule has 1 amide bonds. The van der Waals surface area contributed by atoms with Gasteiger partial charge in [0.2, 0.25) is 5.91 Å². The lowest BCUT2D eigenvalue weighted by molar-refractivity contribution is -0.121. The number of nitrogens with two attached hydrogens (primary N) is 1. The maximum Gasteiger partial charge on any atom is 0.238 e. The van der Waals surface area contributed by atoms with E-state index in [1.165, 1.54) is 0 Å². The molecule has 0 bridgehead atoms. The molecule has 21 heavy (non-hydrogen) atoms. The lowest BCUT2D eigenvalue weighted by atomic mass is 10.0. The van der Waals surface area contributed by atoms with Gasteiger partial charge in [-0.2, -0.15) is 0 Å². The molecular formula is C14H29ClN2O3S. The zero-order valence-corrected chi connectivity index (χ0v) is 14.8. The van der Waals surface area contributed by atoms with Crippen molar-refractivity contribution in [1.29, 1.82) is 0 Å². The molecule has 0 heterocycles. The lowest BCUT2D eigenvalue weighted by Crippen LogP contribution is -2.50. The van der Waals surface area contributed by atoms with Gasteiger partial charge in [-0.3, -0.25) is 4.79 Å². The van der Waals surface area contributed by atoms with Gasteiger partial charge in [0.25, 0.3) is 0 Å². The molecule has 1 saturated carbocycles. The first-order chi connectivity index (χ1) is 9.30. The Bertz CT molecular complexity index is 420. The quantitative estimate of drug-likeness (QED) is 0.769. The van der Waals surface area contributed by atoms with Gasteiger partial charge in [0.1, 0.15) is 5.25 Å². The highest BCUT2D eigenvalue weighted by atomic mass is 35.5. The molecule has 0 radical (unpaired) electrons. The molecule has 5 nitrogen and oxygen atoms in total. The summed E-state index contributed by atoms with van der Waals surface area (Å²) in [6.07, 6.45) is 4.34. The van der Waals surface area contributed by atoms with Crippen LogP contribution in [-0.2, 0) is 14.6 Å². The molecule has 2 atom stereocenters. The van der Waals surface area contributed by atoms with Crippen molar-refractivity contribution in [3.8, 4) is 0 Å². The Morgan fingerprint density at radius 3 is 2.14 bits per heavy atom. The van der Waals surface area contributed by atoms with E-state index in [2.05, 4.69) is 5.32 Å². The van der Waals surface area contributed by atoms with Gasteiger partial charge in [-0.15, -0.1) is 12.4 Å². The van der Waals surface area contributed by atoms with Gasteiger partial charge in [0.05, 0.1) is 5.25 Å². The Morgan fingerprint density at radius 1 is 1.19 bits per heavy atom. The minimum atomic E-state index is -3.43. The fraction of sp³-hybridized carbons (Fsp3) is 0.929. The number of rotatable bonds is 6. The Labute approximate surface area is 134 Å². The van der Waals surface area contributed by atoms with Gasteiger partial charge in [-0.25, -0.2) is 8.42 Å². The molecule has 0 spiro atoms. The van der Waals surface area contributed by atoms with Crippen molar-refractivity contribution in [3.05, 3.63) is 0 Å². The molecule has 1 rings (SSSR count). The second kappa shape index (κ2) is 8.96. The molecule has 0 aliphatic heterocycles. The van der Waals surface area contributed by atoms with Gasteiger partial charge in [0, 0.05) is 12.6 Å². The van der Waals surface area contributed by atoms with Gasteiger partial charge in [0.15, 0.2) is 9.84 Å². The van der Waals surface area contributed by atoms with E-state index in [1.54, 1.807) is 20.8 Å². The molecular weight excluding hydrogens is 312 g/mol. The second-order valence-corrected chi connectivity index (χ2v) is 8.51. The number of carbonyl (C=O) groups excluding carboxylic acids is 1. The van der Waals surface area contributed by atoms with E-state index in [0.29, 0.717) is 19.4 Å². The number of carbonyl (C=O) groups is 1. The van der Waals surface area contributed by atoms with Crippen molar-refractivity contribution in [2.24, 2.45) is 11.7 Å². The van der Waals surface area contributed by atoms with E-state index in [1.807, 2.05) is 0 Å². The molecule has 1 unspecified atom stereocenters. The van der Waals surface area contributed by atoms with Gasteiger partial charge in [-0.05, 0) is 25.7 Å². The zero-order chi connectivity index (χ0) is 15.3. The number of hydrogen-bond acceptors (Lipinski definition) is 4. The fourth-order valence-electron chi connectivity index (χ4n) is 2.82. The topological polar surface area (TPSA) is 89.3 Å². The largest absolute Gasteiger partial charge is 0.351 e.